The minimum atomic E-state index is -0.946. The first-order valence-electron chi connectivity index (χ1n) is 6.29. The van der Waals surface area contributed by atoms with Gasteiger partial charge in [0, 0.05) is 25.5 Å². The van der Waals surface area contributed by atoms with Crippen molar-refractivity contribution in [3.8, 4) is 11.5 Å². The molecule has 0 atom stereocenters. The van der Waals surface area contributed by atoms with E-state index >= 15 is 0 Å². The minimum Gasteiger partial charge on any atom is -0.496 e. The van der Waals surface area contributed by atoms with Gasteiger partial charge in [-0.05, 0) is 11.5 Å². The summed E-state index contributed by atoms with van der Waals surface area (Å²) in [6, 6.07) is 3.56. The van der Waals surface area contributed by atoms with Crippen LogP contribution in [0.15, 0.2) is 12.1 Å². The molecule has 1 aromatic rings. The van der Waals surface area contributed by atoms with Gasteiger partial charge in [-0.15, -0.1) is 0 Å². The molecular weight excluding hydrogens is 244 g/mol. The zero-order chi connectivity index (χ0) is 14.4. The van der Waals surface area contributed by atoms with E-state index < -0.39 is 5.79 Å². The molecule has 0 spiro atoms. The molecule has 0 saturated heterocycles. The lowest BCUT2D eigenvalue weighted by Gasteiger charge is -2.33. The third-order valence-electron chi connectivity index (χ3n) is 3.02. The van der Waals surface area contributed by atoms with Crippen molar-refractivity contribution in [1.29, 1.82) is 0 Å². The van der Waals surface area contributed by atoms with Crippen LogP contribution in [0.5, 0.6) is 11.5 Å². The molecule has 4 heteroatoms. The molecule has 4 nitrogen and oxygen atoms in total. The fourth-order valence-corrected chi connectivity index (χ4v) is 2.12. The molecule has 2 rings (SSSR count). The Kier molecular flexibility index (Phi) is 3.00. The second-order valence-electron chi connectivity index (χ2n) is 6.19. The highest BCUT2D eigenvalue weighted by Crippen LogP contribution is 2.40. The van der Waals surface area contributed by atoms with Gasteiger partial charge in [0.1, 0.15) is 17.1 Å². The number of hydrogen-bond donors (Lipinski definition) is 0. The number of carbonyl (C=O) groups is 1. The first-order valence-corrected chi connectivity index (χ1v) is 6.29. The molecule has 0 fully saturated rings. The number of carbonyl (C=O) groups excluding carboxylic acids is 1. The van der Waals surface area contributed by atoms with Crippen LogP contribution in [0.1, 0.15) is 50.5 Å². The van der Waals surface area contributed by atoms with E-state index in [-0.39, 0.29) is 11.4 Å². The van der Waals surface area contributed by atoms with Crippen molar-refractivity contribution in [1.82, 2.24) is 0 Å². The Morgan fingerprint density at radius 2 is 1.79 bits per heavy atom. The smallest absolute Gasteiger partial charge is 0.345 e. The molecule has 0 bridgehead atoms. The molecule has 1 aliphatic heterocycles. The van der Waals surface area contributed by atoms with Crippen molar-refractivity contribution in [2.24, 2.45) is 0 Å². The molecule has 1 aliphatic rings. The number of esters is 1. The fraction of sp³-hybridized carbons (Fsp3) is 0.533. The maximum atomic E-state index is 12.0. The first kappa shape index (κ1) is 13.7. The van der Waals surface area contributed by atoms with Gasteiger partial charge in [-0.1, -0.05) is 20.8 Å². The van der Waals surface area contributed by atoms with Gasteiger partial charge in [0.25, 0.3) is 0 Å². The van der Waals surface area contributed by atoms with Crippen LogP contribution in [0.4, 0.5) is 0 Å². The molecule has 0 aliphatic carbocycles. The van der Waals surface area contributed by atoms with Crippen molar-refractivity contribution in [2.75, 3.05) is 7.11 Å². The molecule has 0 aromatic heterocycles. The van der Waals surface area contributed by atoms with Crippen LogP contribution in [0.3, 0.4) is 0 Å². The summed E-state index contributed by atoms with van der Waals surface area (Å²) in [5.74, 6) is -0.0829. The summed E-state index contributed by atoms with van der Waals surface area (Å²) in [7, 11) is 1.61. The number of rotatable bonds is 1. The highest BCUT2D eigenvalue weighted by atomic mass is 16.7. The lowest BCUT2D eigenvalue weighted by Crippen LogP contribution is -2.39. The van der Waals surface area contributed by atoms with E-state index in [0.717, 1.165) is 11.3 Å². The molecule has 1 heterocycles. The first-order chi connectivity index (χ1) is 8.64. The lowest BCUT2D eigenvalue weighted by molar-refractivity contribution is -0.127. The van der Waals surface area contributed by atoms with Gasteiger partial charge in [0.15, 0.2) is 0 Å². The molecule has 104 valence electrons. The number of fused-ring (bicyclic) bond motifs is 1. The summed E-state index contributed by atoms with van der Waals surface area (Å²) in [4.78, 5) is 12.0. The lowest BCUT2D eigenvalue weighted by atomic mass is 9.85. The molecule has 19 heavy (non-hydrogen) atoms. The molecule has 0 unspecified atom stereocenters. The van der Waals surface area contributed by atoms with Crippen LogP contribution >= 0.6 is 0 Å². The standard InChI is InChI=1S/C15H20O4/c1-14(2,3)10-7-9-11(8-12(10)17-6)18-15(4,5)19-13(9)16/h7-8H,1-6H3. The number of hydrogen-bond acceptors (Lipinski definition) is 4. The van der Waals surface area contributed by atoms with E-state index in [9.17, 15) is 4.79 Å². The predicted molar refractivity (Wildman–Crippen MR) is 71.8 cm³/mol. The normalized spacial score (nSPS) is 17.3. The van der Waals surface area contributed by atoms with Crippen LogP contribution in [0.2, 0.25) is 0 Å². The van der Waals surface area contributed by atoms with Crippen molar-refractivity contribution >= 4 is 5.97 Å². The summed E-state index contributed by atoms with van der Waals surface area (Å²) in [6.45, 7) is 9.61. The third kappa shape index (κ3) is 2.53. The summed E-state index contributed by atoms with van der Waals surface area (Å²) in [6.07, 6.45) is 0. The van der Waals surface area contributed by atoms with E-state index in [1.807, 2.05) is 0 Å². The third-order valence-corrected chi connectivity index (χ3v) is 3.02. The quantitative estimate of drug-likeness (QED) is 0.730. The molecule has 1 aromatic carbocycles. The zero-order valence-electron chi connectivity index (χ0n) is 12.3. The molecule has 0 radical (unpaired) electrons. The van der Waals surface area contributed by atoms with Gasteiger partial charge in [-0.3, -0.25) is 0 Å². The Morgan fingerprint density at radius 1 is 1.16 bits per heavy atom. The van der Waals surface area contributed by atoms with Crippen molar-refractivity contribution in [2.45, 2.75) is 45.8 Å². The Hall–Kier alpha value is -1.71. The van der Waals surface area contributed by atoms with E-state index in [0.29, 0.717) is 11.3 Å². The van der Waals surface area contributed by atoms with E-state index in [1.165, 1.54) is 0 Å². The average Bonchev–Trinajstić information content (AvgIpc) is 2.24. The molecule has 0 amide bonds. The van der Waals surface area contributed by atoms with Crippen LogP contribution in [0, 0.1) is 0 Å². The average molecular weight is 264 g/mol. The summed E-state index contributed by atoms with van der Waals surface area (Å²) >= 11 is 0. The molecule has 0 N–H and O–H groups in total. The van der Waals surface area contributed by atoms with Gasteiger partial charge in [-0.25, -0.2) is 4.79 Å². The predicted octanol–water partition coefficient (Wildman–Crippen LogP) is 3.28. The van der Waals surface area contributed by atoms with Crippen LogP contribution in [0.25, 0.3) is 0 Å². The maximum Gasteiger partial charge on any atom is 0.345 e. The van der Waals surface area contributed by atoms with Gasteiger partial charge in [0.2, 0.25) is 5.79 Å². The Morgan fingerprint density at radius 3 is 2.32 bits per heavy atom. The Balaban J connectivity index is 2.61. The highest BCUT2D eigenvalue weighted by Gasteiger charge is 2.35. The summed E-state index contributed by atoms with van der Waals surface area (Å²) in [5, 5.41) is 0. The van der Waals surface area contributed by atoms with Crippen molar-refractivity contribution in [3.63, 3.8) is 0 Å². The zero-order valence-corrected chi connectivity index (χ0v) is 12.3. The number of methoxy groups -OCH3 is 1. The summed E-state index contributed by atoms with van der Waals surface area (Å²) in [5.41, 5.74) is 1.27. The number of ether oxygens (including phenoxy) is 3. The maximum absolute atomic E-state index is 12.0. The second kappa shape index (κ2) is 4.15. The topological polar surface area (TPSA) is 44.8 Å². The van der Waals surface area contributed by atoms with Crippen LogP contribution in [-0.2, 0) is 10.2 Å². The van der Waals surface area contributed by atoms with Crippen molar-refractivity contribution in [3.05, 3.63) is 23.3 Å². The number of cyclic esters (lactones) is 1. The van der Waals surface area contributed by atoms with Gasteiger partial charge in [0.05, 0.1) is 7.11 Å². The second-order valence-corrected chi connectivity index (χ2v) is 6.19. The molecular formula is C15H20O4. The largest absolute Gasteiger partial charge is 0.496 e. The minimum absolute atomic E-state index is 0.131. The van der Waals surface area contributed by atoms with Crippen LogP contribution in [-0.4, -0.2) is 18.9 Å². The van der Waals surface area contributed by atoms with Crippen molar-refractivity contribution < 1.29 is 19.0 Å². The van der Waals surface area contributed by atoms with Gasteiger partial charge >= 0.3 is 5.97 Å². The highest BCUT2D eigenvalue weighted by molar-refractivity contribution is 5.94. The van der Waals surface area contributed by atoms with Gasteiger partial charge in [-0.2, -0.15) is 0 Å². The Bertz CT molecular complexity index is 524. The molecule has 0 saturated carbocycles. The van der Waals surface area contributed by atoms with E-state index in [1.54, 1.807) is 33.1 Å². The SMILES string of the molecule is COc1cc2c(cc1C(C)(C)C)C(=O)OC(C)(C)O2. The van der Waals surface area contributed by atoms with E-state index in [4.69, 9.17) is 14.2 Å². The summed E-state index contributed by atoms with van der Waals surface area (Å²) < 4.78 is 16.3. The fourth-order valence-electron chi connectivity index (χ4n) is 2.12. The number of benzene rings is 1. The Labute approximate surface area is 113 Å². The van der Waals surface area contributed by atoms with Gasteiger partial charge < -0.3 is 14.2 Å². The van der Waals surface area contributed by atoms with E-state index in [2.05, 4.69) is 20.8 Å². The van der Waals surface area contributed by atoms with Crippen LogP contribution < -0.4 is 9.47 Å². The monoisotopic (exact) mass is 264 g/mol.